The Bertz CT molecular complexity index is 1090. The molecule has 1 aliphatic carbocycles. The van der Waals surface area contributed by atoms with Gasteiger partial charge in [0, 0.05) is 18.2 Å². The van der Waals surface area contributed by atoms with Crippen molar-refractivity contribution in [2.75, 3.05) is 7.05 Å². The highest BCUT2D eigenvalue weighted by atomic mass is 16.2. The van der Waals surface area contributed by atoms with Crippen molar-refractivity contribution < 1.29 is 14.4 Å². The van der Waals surface area contributed by atoms with Crippen LogP contribution in [0.25, 0.3) is 12.2 Å². The first-order valence-electron chi connectivity index (χ1n) is 13.1. The number of benzene rings is 2. The van der Waals surface area contributed by atoms with Gasteiger partial charge in [-0.2, -0.15) is 0 Å². The summed E-state index contributed by atoms with van der Waals surface area (Å²) in [6, 6.07) is 14.1. The van der Waals surface area contributed by atoms with Crippen LogP contribution in [0.2, 0.25) is 0 Å². The van der Waals surface area contributed by atoms with E-state index in [1.807, 2.05) is 19.1 Å². The van der Waals surface area contributed by atoms with Crippen molar-refractivity contribution in [2.24, 2.45) is 11.5 Å². The van der Waals surface area contributed by atoms with Gasteiger partial charge in [-0.15, -0.1) is 0 Å². The molecule has 0 saturated heterocycles. The van der Waals surface area contributed by atoms with Gasteiger partial charge in [0.15, 0.2) is 0 Å². The molecule has 6 heteroatoms. The van der Waals surface area contributed by atoms with Crippen molar-refractivity contribution >= 4 is 29.7 Å². The van der Waals surface area contributed by atoms with Gasteiger partial charge in [0.05, 0.1) is 5.92 Å². The number of amides is 2. The van der Waals surface area contributed by atoms with Crippen molar-refractivity contribution in [2.45, 2.75) is 76.8 Å². The molecule has 2 amide bonds. The topological polar surface area (TPSA) is 106 Å². The van der Waals surface area contributed by atoms with Crippen molar-refractivity contribution in [3.05, 3.63) is 70.3 Å². The van der Waals surface area contributed by atoms with Crippen LogP contribution in [0, 0.1) is 0 Å². The largest absolute Gasteiger partial charge is 0.366 e. The number of primary amides is 2. The van der Waals surface area contributed by atoms with E-state index in [4.69, 9.17) is 11.5 Å². The second-order valence-electron chi connectivity index (χ2n) is 9.88. The van der Waals surface area contributed by atoms with E-state index >= 15 is 0 Å². The first-order chi connectivity index (χ1) is 17.3. The average molecular weight is 490 g/mol. The van der Waals surface area contributed by atoms with Gasteiger partial charge < -0.3 is 11.5 Å². The van der Waals surface area contributed by atoms with Gasteiger partial charge in [-0.1, -0.05) is 87.6 Å². The van der Waals surface area contributed by atoms with Crippen LogP contribution < -0.4 is 11.5 Å². The maximum absolute atomic E-state index is 12.7. The third-order valence-corrected chi connectivity index (χ3v) is 7.24. The molecule has 1 saturated carbocycles. The fourth-order valence-corrected chi connectivity index (χ4v) is 5.15. The number of carbonyl (C=O) groups is 3. The molecule has 0 aliphatic heterocycles. The lowest BCUT2D eigenvalue weighted by Gasteiger charge is -2.31. The fraction of sp³-hybridized carbons (Fsp3) is 0.433. The van der Waals surface area contributed by atoms with Crippen LogP contribution >= 0.6 is 0 Å². The normalized spacial score (nSPS) is 15.3. The molecular formula is C30H39N3O3. The molecular weight excluding hydrogens is 450 g/mol. The predicted molar refractivity (Wildman–Crippen MR) is 145 cm³/mol. The van der Waals surface area contributed by atoms with Crippen LogP contribution in [0.4, 0.5) is 0 Å². The molecule has 1 aliphatic rings. The molecule has 0 radical (unpaired) electrons. The van der Waals surface area contributed by atoms with Gasteiger partial charge in [0.25, 0.3) is 5.91 Å². The Morgan fingerprint density at radius 2 is 1.69 bits per heavy atom. The minimum atomic E-state index is -0.968. The van der Waals surface area contributed by atoms with Gasteiger partial charge in [-0.3, -0.25) is 19.3 Å². The smallest absolute Gasteiger partial charge is 0.285 e. The molecule has 4 N–H and O–H groups in total. The van der Waals surface area contributed by atoms with Crippen LogP contribution in [0.15, 0.2) is 42.5 Å². The van der Waals surface area contributed by atoms with E-state index in [9.17, 15) is 14.4 Å². The highest BCUT2D eigenvalue weighted by Crippen LogP contribution is 2.30. The summed E-state index contributed by atoms with van der Waals surface area (Å²) in [4.78, 5) is 39.1. The summed E-state index contributed by atoms with van der Waals surface area (Å²) in [6.07, 6.45) is 12.3. The number of carbonyl (C=O) groups excluding carboxylic acids is 3. The third-order valence-electron chi connectivity index (χ3n) is 7.24. The van der Waals surface area contributed by atoms with Gasteiger partial charge >= 0.3 is 0 Å². The molecule has 2 aromatic rings. The molecule has 0 aromatic heterocycles. The van der Waals surface area contributed by atoms with E-state index in [1.54, 1.807) is 18.2 Å². The Balaban J connectivity index is 1.85. The molecule has 0 spiro atoms. The second-order valence-corrected chi connectivity index (χ2v) is 9.88. The quantitative estimate of drug-likeness (QED) is 0.321. The van der Waals surface area contributed by atoms with E-state index < -0.39 is 23.5 Å². The third kappa shape index (κ3) is 7.14. The Morgan fingerprint density at radius 1 is 1.00 bits per heavy atom. The first-order valence-corrected chi connectivity index (χ1v) is 13.1. The van der Waals surface area contributed by atoms with E-state index in [2.05, 4.69) is 36.2 Å². The summed E-state index contributed by atoms with van der Waals surface area (Å²) in [5.74, 6) is -2.91. The lowest BCUT2D eigenvalue weighted by atomic mass is 9.84. The first kappa shape index (κ1) is 27.3. The van der Waals surface area contributed by atoms with Crippen LogP contribution in [0.1, 0.15) is 96.8 Å². The standard InChI is InChI=1S/C30H39N3O3/c1-3-4-11-26(28(34)30(32)36)24-12-8-13-27(29(31)35)25(24)19-18-21-14-16-22(17-15-21)20-33(2)23-9-6-5-7-10-23/h8,12-19,23,26H,3-7,9-11,20H2,1-2H3,(H2,31,35)(H2,32,36)/b19-18+. The zero-order valence-corrected chi connectivity index (χ0v) is 21.5. The SMILES string of the molecule is CCCCC(C(=O)C(N)=O)c1cccc(C(N)=O)c1/C=C/c1ccc(CN(C)C2CCCCC2)cc1. The number of nitrogens with zero attached hydrogens (tertiary/aromatic N) is 1. The predicted octanol–water partition coefficient (Wildman–Crippen LogP) is 5.05. The van der Waals surface area contributed by atoms with Gasteiger partial charge in [-0.25, -0.2) is 0 Å². The lowest BCUT2D eigenvalue weighted by Crippen LogP contribution is -2.32. The number of Topliss-reactive ketones (excluding diaryl/α,β-unsaturated/α-hetero) is 1. The zero-order chi connectivity index (χ0) is 26.1. The maximum atomic E-state index is 12.7. The summed E-state index contributed by atoms with van der Waals surface area (Å²) < 4.78 is 0. The molecule has 3 rings (SSSR count). The van der Waals surface area contributed by atoms with Crippen LogP contribution in [-0.2, 0) is 16.1 Å². The summed E-state index contributed by atoms with van der Waals surface area (Å²) in [6.45, 7) is 2.93. The highest BCUT2D eigenvalue weighted by molar-refractivity contribution is 6.37. The molecule has 0 heterocycles. The summed E-state index contributed by atoms with van der Waals surface area (Å²) >= 11 is 0. The van der Waals surface area contributed by atoms with E-state index in [0.29, 0.717) is 29.2 Å². The lowest BCUT2D eigenvalue weighted by molar-refractivity contribution is -0.137. The van der Waals surface area contributed by atoms with Gasteiger partial charge in [-0.05, 0) is 54.6 Å². The number of nitrogens with two attached hydrogens (primary N) is 2. The van der Waals surface area contributed by atoms with Crippen LogP contribution in [0.3, 0.4) is 0 Å². The number of ketones is 1. The van der Waals surface area contributed by atoms with Crippen molar-refractivity contribution in [1.82, 2.24) is 4.90 Å². The Hall–Kier alpha value is -3.25. The summed E-state index contributed by atoms with van der Waals surface area (Å²) in [5.41, 5.74) is 14.7. The Labute approximate surface area is 214 Å². The van der Waals surface area contributed by atoms with Crippen molar-refractivity contribution in [3.63, 3.8) is 0 Å². The van der Waals surface area contributed by atoms with E-state index in [-0.39, 0.29) is 0 Å². The number of rotatable bonds is 12. The van der Waals surface area contributed by atoms with Crippen LogP contribution in [0.5, 0.6) is 0 Å². The molecule has 6 nitrogen and oxygen atoms in total. The molecule has 2 aromatic carbocycles. The Morgan fingerprint density at radius 3 is 2.31 bits per heavy atom. The number of hydrogen-bond acceptors (Lipinski definition) is 4. The molecule has 1 atom stereocenters. The Kier molecular flexibility index (Phi) is 10.00. The fourth-order valence-electron chi connectivity index (χ4n) is 5.15. The number of unbranched alkanes of at least 4 members (excludes halogenated alkanes) is 1. The second kappa shape index (κ2) is 13.2. The number of hydrogen-bond donors (Lipinski definition) is 2. The molecule has 36 heavy (non-hydrogen) atoms. The monoisotopic (exact) mass is 489 g/mol. The van der Waals surface area contributed by atoms with Crippen molar-refractivity contribution in [1.29, 1.82) is 0 Å². The minimum Gasteiger partial charge on any atom is -0.366 e. The zero-order valence-electron chi connectivity index (χ0n) is 21.5. The highest BCUT2D eigenvalue weighted by Gasteiger charge is 2.27. The molecule has 0 bridgehead atoms. The van der Waals surface area contributed by atoms with E-state index in [1.165, 1.54) is 37.7 Å². The summed E-state index contributed by atoms with van der Waals surface area (Å²) in [5, 5.41) is 0. The van der Waals surface area contributed by atoms with Crippen molar-refractivity contribution in [3.8, 4) is 0 Å². The van der Waals surface area contributed by atoms with Gasteiger partial charge in [0.1, 0.15) is 0 Å². The van der Waals surface area contributed by atoms with E-state index in [0.717, 1.165) is 24.9 Å². The van der Waals surface area contributed by atoms with Crippen LogP contribution in [-0.4, -0.2) is 35.6 Å². The van der Waals surface area contributed by atoms with Gasteiger partial charge in [0.2, 0.25) is 11.7 Å². The summed E-state index contributed by atoms with van der Waals surface area (Å²) in [7, 11) is 2.20. The maximum Gasteiger partial charge on any atom is 0.285 e. The average Bonchev–Trinajstić information content (AvgIpc) is 2.88. The molecule has 1 fully saturated rings. The minimum absolute atomic E-state index is 0.313. The molecule has 1 unspecified atom stereocenters. The molecule has 192 valence electrons.